The average Bonchev–Trinajstić information content (AvgIpc) is 3.57. The van der Waals surface area contributed by atoms with Gasteiger partial charge in [0.05, 0.1) is 13.3 Å². The van der Waals surface area contributed by atoms with Gasteiger partial charge in [0.1, 0.15) is 17.5 Å². The van der Waals surface area contributed by atoms with Crippen LogP contribution in [0, 0.1) is 0 Å². The molecule has 1 aliphatic carbocycles. The predicted octanol–water partition coefficient (Wildman–Crippen LogP) is 5.04. The Labute approximate surface area is 231 Å². The number of ether oxygens (including phenoxy) is 1. The van der Waals surface area contributed by atoms with Gasteiger partial charge in [0.25, 0.3) is 5.91 Å². The third-order valence-corrected chi connectivity index (χ3v) is 7.31. The first-order valence-electron chi connectivity index (χ1n) is 12.9. The van der Waals surface area contributed by atoms with E-state index in [0.717, 1.165) is 33.4 Å². The highest BCUT2D eigenvalue weighted by Gasteiger charge is 2.39. The van der Waals surface area contributed by atoms with E-state index in [1.54, 1.807) is 38.8 Å². The largest absolute Gasteiger partial charge is 0.494 e. The van der Waals surface area contributed by atoms with Crippen LogP contribution in [0.3, 0.4) is 0 Å². The summed E-state index contributed by atoms with van der Waals surface area (Å²) in [5.41, 5.74) is 6.92. The number of hydrogen-bond acceptors (Lipinski definition) is 5. The molecule has 2 heterocycles. The molecule has 0 fully saturated rings. The van der Waals surface area contributed by atoms with E-state index in [2.05, 4.69) is 32.8 Å². The predicted molar refractivity (Wildman–Crippen MR) is 153 cm³/mol. The van der Waals surface area contributed by atoms with Gasteiger partial charge in [-0.05, 0) is 52.1 Å². The van der Waals surface area contributed by atoms with Crippen molar-refractivity contribution in [3.8, 4) is 28.0 Å². The molecule has 2 N–H and O–H groups in total. The zero-order valence-corrected chi connectivity index (χ0v) is 22.0. The number of carbonyl (C=O) groups excluding carboxylic acids is 2. The first kappa shape index (κ1) is 25.1. The highest BCUT2D eigenvalue weighted by atomic mass is 16.5. The first-order valence-corrected chi connectivity index (χ1v) is 12.9. The quantitative estimate of drug-likeness (QED) is 0.308. The third kappa shape index (κ3) is 4.49. The lowest BCUT2D eigenvalue weighted by Gasteiger charge is -2.26. The Kier molecular flexibility index (Phi) is 6.57. The zero-order valence-electron chi connectivity index (χ0n) is 22.0. The molecule has 8 heteroatoms. The molecule has 1 unspecified atom stereocenters. The molecule has 1 atom stereocenters. The van der Waals surface area contributed by atoms with Gasteiger partial charge in [0.2, 0.25) is 5.91 Å². The van der Waals surface area contributed by atoms with Gasteiger partial charge in [0, 0.05) is 36.6 Å². The van der Waals surface area contributed by atoms with Gasteiger partial charge in [-0.2, -0.15) is 5.10 Å². The van der Waals surface area contributed by atoms with Crippen LogP contribution in [0.15, 0.2) is 104 Å². The molecule has 6 rings (SSSR count). The molecule has 1 aliphatic rings. The van der Waals surface area contributed by atoms with Crippen LogP contribution in [-0.4, -0.2) is 39.7 Å². The van der Waals surface area contributed by atoms with E-state index in [-0.39, 0.29) is 17.7 Å². The summed E-state index contributed by atoms with van der Waals surface area (Å²) in [5.74, 6) is -0.399. The molecule has 0 saturated heterocycles. The van der Waals surface area contributed by atoms with Crippen molar-refractivity contribution in [2.24, 2.45) is 7.05 Å². The van der Waals surface area contributed by atoms with E-state index in [1.807, 2.05) is 66.7 Å². The van der Waals surface area contributed by atoms with Gasteiger partial charge < -0.3 is 15.4 Å². The number of amides is 2. The Hall–Kier alpha value is -5.24. The van der Waals surface area contributed by atoms with Gasteiger partial charge in [-0.15, -0.1) is 0 Å². The van der Waals surface area contributed by atoms with Gasteiger partial charge in [-0.25, -0.2) is 0 Å². The summed E-state index contributed by atoms with van der Waals surface area (Å²) in [6.45, 7) is 0. The van der Waals surface area contributed by atoms with Crippen molar-refractivity contribution in [1.29, 1.82) is 0 Å². The molecule has 2 aromatic heterocycles. The molecular formula is C32H27N5O3. The van der Waals surface area contributed by atoms with Crippen molar-refractivity contribution >= 4 is 17.5 Å². The third-order valence-electron chi connectivity index (χ3n) is 7.31. The summed E-state index contributed by atoms with van der Waals surface area (Å²) in [6.07, 6.45) is 4.93. The Morgan fingerprint density at radius 3 is 2.15 bits per heavy atom. The van der Waals surface area contributed by atoms with E-state index >= 15 is 0 Å². The Morgan fingerprint density at radius 2 is 1.52 bits per heavy atom. The van der Waals surface area contributed by atoms with Crippen LogP contribution >= 0.6 is 0 Å². The summed E-state index contributed by atoms with van der Waals surface area (Å²) >= 11 is 0. The molecule has 8 nitrogen and oxygen atoms in total. The van der Waals surface area contributed by atoms with E-state index in [9.17, 15) is 9.59 Å². The molecule has 40 heavy (non-hydrogen) atoms. The summed E-state index contributed by atoms with van der Waals surface area (Å²) in [6, 6.07) is 26.2. The molecule has 5 aromatic rings. The molecule has 3 aromatic carbocycles. The van der Waals surface area contributed by atoms with Gasteiger partial charge in [-0.3, -0.25) is 19.3 Å². The number of aromatic nitrogens is 3. The fourth-order valence-corrected chi connectivity index (χ4v) is 5.40. The van der Waals surface area contributed by atoms with Crippen molar-refractivity contribution in [2.45, 2.75) is 12.0 Å². The Bertz CT molecular complexity index is 1660. The maximum atomic E-state index is 14.0. The highest BCUT2D eigenvalue weighted by Crippen LogP contribution is 2.46. The lowest BCUT2D eigenvalue weighted by molar-refractivity contribution is -0.118. The van der Waals surface area contributed by atoms with Crippen molar-refractivity contribution < 1.29 is 14.3 Å². The van der Waals surface area contributed by atoms with Gasteiger partial charge in [0.15, 0.2) is 0 Å². The van der Waals surface area contributed by atoms with Crippen LogP contribution < -0.4 is 15.4 Å². The number of rotatable bonds is 7. The maximum Gasteiger partial charge on any atom is 0.270 e. The minimum Gasteiger partial charge on any atom is -0.494 e. The van der Waals surface area contributed by atoms with Crippen LogP contribution in [0.5, 0.6) is 5.75 Å². The van der Waals surface area contributed by atoms with E-state index in [1.165, 1.54) is 4.68 Å². The summed E-state index contributed by atoms with van der Waals surface area (Å²) in [5, 5.41) is 10.2. The number of fused-ring (bicyclic) bond motifs is 3. The fourth-order valence-electron chi connectivity index (χ4n) is 5.40. The van der Waals surface area contributed by atoms with Gasteiger partial charge in [-0.1, -0.05) is 60.7 Å². The van der Waals surface area contributed by atoms with Crippen LogP contribution in [0.25, 0.3) is 22.3 Å². The summed E-state index contributed by atoms with van der Waals surface area (Å²) in [7, 11) is 3.30. The van der Waals surface area contributed by atoms with E-state index in [4.69, 9.17) is 4.74 Å². The number of nitrogens with zero attached hydrogens (tertiary/aromatic N) is 3. The van der Waals surface area contributed by atoms with Crippen LogP contribution in [0.2, 0.25) is 0 Å². The molecular weight excluding hydrogens is 502 g/mol. The number of methoxy groups -OCH3 is 1. The van der Waals surface area contributed by atoms with Crippen LogP contribution in [0.1, 0.15) is 27.5 Å². The maximum absolute atomic E-state index is 14.0. The lowest BCUT2D eigenvalue weighted by Crippen LogP contribution is -2.48. The second-order valence-corrected chi connectivity index (χ2v) is 9.59. The topological polar surface area (TPSA) is 98.1 Å². The Morgan fingerprint density at radius 1 is 0.850 bits per heavy atom. The molecule has 0 bridgehead atoms. The van der Waals surface area contributed by atoms with Crippen LogP contribution in [0.4, 0.5) is 5.69 Å². The first-order chi connectivity index (χ1) is 19.5. The Balaban J connectivity index is 1.34. The lowest BCUT2D eigenvalue weighted by atomic mass is 9.88. The van der Waals surface area contributed by atoms with Crippen LogP contribution in [-0.2, 0) is 11.8 Å². The second-order valence-electron chi connectivity index (χ2n) is 9.59. The smallest absolute Gasteiger partial charge is 0.270 e. The highest BCUT2D eigenvalue weighted by molar-refractivity contribution is 6.02. The number of benzene rings is 3. The number of hydrogen-bond donors (Lipinski definition) is 2. The summed E-state index contributed by atoms with van der Waals surface area (Å²) in [4.78, 5) is 31.5. The van der Waals surface area contributed by atoms with Crippen molar-refractivity contribution in [2.75, 3.05) is 12.4 Å². The van der Waals surface area contributed by atoms with E-state index in [0.29, 0.717) is 17.1 Å². The number of anilines is 1. The number of carbonyl (C=O) groups is 2. The second kappa shape index (κ2) is 10.5. The van der Waals surface area contributed by atoms with Gasteiger partial charge >= 0.3 is 0 Å². The molecule has 0 spiro atoms. The fraction of sp³-hybridized carbons (Fsp3) is 0.125. The molecule has 2 amide bonds. The normalized spacial score (nSPS) is 12.8. The summed E-state index contributed by atoms with van der Waals surface area (Å²) < 4.78 is 6.93. The van der Waals surface area contributed by atoms with Crippen molar-refractivity contribution in [3.05, 3.63) is 120 Å². The molecule has 198 valence electrons. The molecule has 0 saturated carbocycles. The average molecular weight is 530 g/mol. The number of nitrogens with one attached hydrogen (secondary N) is 2. The van der Waals surface area contributed by atoms with E-state index < -0.39 is 6.04 Å². The minimum absolute atomic E-state index is 0.318. The standard InChI is InChI=1S/C32H27N5O3/c1-37-27(16-18-34-37)31(38)36-30(29-25-9-5-3-7-23(25)24-8-4-6-10-26(24)29)32(39)35-21-13-11-20(12-14-21)22-15-17-33-19-28(22)40-2/h3-19,29-30H,1-2H3,(H,35,39)(H,36,38). The number of aryl methyl sites for hydroxylation is 1. The number of pyridine rings is 1. The monoisotopic (exact) mass is 529 g/mol. The SMILES string of the molecule is COc1cnccc1-c1ccc(NC(=O)C(NC(=O)c2ccnn2C)C2c3ccccc3-c3ccccc32)cc1. The zero-order chi connectivity index (χ0) is 27.6. The minimum atomic E-state index is -0.882. The molecule has 0 radical (unpaired) electrons. The molecule has 0 aliphatic heterocycles. The van der Waals surface area contributed by atoms with Crippen molar-refractivity contribution in [3.63, 3.8) is 0 Å². The van der Waals surface area contributed by atoms with Crippen molar-refractivity contribution in [1.82, 2.24) is 20.1 Å².